The van der Waals surface area contributed by atoms with Crippen molar-refractivity contribution in [2.45, 2.75) is 38.7 Å². The van der Waals surface area contributed by atoms with Gasteiger partial charge < -0.3 is 10.0 Å². The summed E-state index contributed by atoms with van der Waals surface area (Å²) in [5.74, 6) is 0.743. The van der Waals surface area contributed by atoms with Crippen molar-refractivity contribution in [1.29, 1.82) is 0 Å². The molecule has 1 aromatic heterocycles. The third kappa shape index (κ3) is 2.75. The highest BCUT2D eigenvalue weighted by molar-refractivity contribution is 5.13. The molecule has 0 spiro atoms. The van der Waals surface area contributed by atoms with E-state index in [1.54, 1.807) is 10.9 Å². The number of piperidine rings is 1. The predicted octanol–water partition coefficient (Wildman–Crippen LogP) is 1.75. The van der Waals surface area contributed by atoms with E-state index in [4.69, 9.17) is 0 Å². The van der Waals surface area contributed by atoms with E-state index in [1.165, 1.54) is 6.42 Å². The molecule has 0 radical (unpaired) electrons. The first-order valence-electron chi connectivity index (χ1n) is 6.98. The minimum Gasteiger partial charge on any atom is -0.383 e. The maximum Gasteiger partial charge on any atom is 0.109 e. The fourth-order valence-corrected chi connectivity index (χ4v) is 2.76. The lowest BCUT2D eigenvalue weighted by Gasteiger charge is -2.39. The molecule has 1 saturated heterocycles. The number of aromatic nitrogens is 2. The van der Waals surface area contributed by atoms with Crippen LogP contribution in [0.3, 0.4) is 0 Å². The van der Waals surface area contributed by atoms with Crippen LogP contribution in [0.15, 0.2) is 12.3 Å². The third-order valence-corrected chi connectivity index (χ3v) is 4.25. The second-order valence-electron chi connectivity index (χ2n) is 5.69. The number of likely N-dealkylation sites (tertiary alicyclic amines) is 1. The molecule has 1 unspecified atom stereocenters. The first-order valence-corrected chi connectivity index (χ1v) is 6.98. The summed E-state index contributed by atoms with van der Waals surface area (Å²) < 4.78 is 1.80. The predicted molar refractivity (Wildman–Crippen MR) is 72.2 cm³/mol. The standard InChI is InChI=1S/C14H25N3O/c1-4-12(2)11-17-9-6-14(18,7-10-17)13-5-8-15-16(13)3/h5,8,12,18H,4,6-7,9-11H2,1-3H3. The summed E-state index contributed by atoms with van der Waals surface area (Å²) in [6.07, 6.45) is 4.60. The molecular weight excluding hydrogens is 226 g/mol. The summed E-state index contributed by atoms with van der Waals surface area (Å²) in [6.45, 7) is 7.64. The van der Waals surface area contributed by atoms with Crippen LogP contribution in [0.5, 0.6) is 0 Å². The molecule has 2 rings (SSSR count). The lowest BCUT2D eigenvalue weighted by Crippen LogP contribution is -2.44. The summed E-state index contributed by atoms with van der Waals surface area (Å²) in [5, 5.41) is 14.9. The fourth-order valence-electron chi connectivity index (χ4n) is 2.76. The summed E-state index contributed by atoms with van der Waals surface area (Å²) in [7, 11) is 1.90. The molecule has 1 aromatic rings. The summed E-state index contributed by atoms with van der Waals surface area (Å²) in [4.78, 5) is 2.47. The van der Waals surface area contributed by atoms with Crippen molar-refractivity contribution in [2.24, 2.45) is 13.0 Å². The Morgan fingerprint density at radius 3 is 2.61 bits per heavy atom. The van der Waals surface area contributed by atoms with Gasteiger partial charge in [-0.25, -0.2) is 0 Å². The Labute approximate surface area is 110 Å². The molecular formula is C14H25N3O. The van der Waals surface area contributed by atoms with Gasteiger partial charge in [0.2, 0.25) is 0 Å². The molecule has 4 heteroatoms. The minimum absolute atomic E-state index is 0.683. The molecule has 18 heavy (non-hydrogen) atoms. The highest BCUT2D eigenvalue weighted by Gasteiger charge is 2.36. The van der Waals surface area contributed by atoms with Crippen molar-refractivity contribution >= 4 is 0 Å². The Hall–Kier alpha value is -0.870. The largest absolute Gasteiger partial charge is 0.383 e. The van der Waals surface area contributed by atoms with Crippen LogP contribution in [-0.4, -0.2) is 39.4 Å². The van der Waals surface area contributed by atoms with Crippen molar-refractivity contribution in [2.75, 3.05) is 19.6 Å². The number of rotatable bonds is 4. The van der Waals surface area contributed by atoms with Gasteiger partial charge in [0.05, 0.1) is 5.69 Å². The molecule has 1 atom stereocenters. The van der Waals surface area contributed by atoms with Crippen molar-refractivity contribution in [1.82, 2.24) is 14.7 Å². The van der Waals surface area contributed by atoms with Crippen LogP contribution in [0.4, 0.5) is 0 Å². The minimum atomic E-state index is -0.683. The zero-order chi connectivity index (χ0) is 13.2. The highest BCUT2D eigenvalue weighted by Crippen LogP contribution is 2.32. The average Bonchev–Trinajstić information content (AvgIpc) is 2.79. The Morgan fingerprint density at radius 2 is 2.11 bits per heavy atom. The molecule has 0 bridgehead atoms. The van der Waals surface area contributed by atoms with Crippen molar-refractivity contribution in [3.05, 3.63) is 18.0 Å². The van der Waals surface area contributed by atoms with Gasteiger partial charge in [0.1, 0.15) is 5.60 Å². The first kappa shape index (κ1) is 13.6. The summed E-state index contributed by atoms with van der Waals surface area (Å²) >= 11 is 0. The van der Waals surface area contributed by atoms with Gasteiger partial charge in [0, 0.05) is 32.9 Å². The molecule has 4 nitrogen and oxygen atoms in total. The van der Waals surface area contributed by atoms with Crippen molar-refractivity contribution in [3.8, 4) is 0 Å². The van der Waals surface area contributed by atoms with Crippen LogP contribution in [0.25, 0.3) is 0 Å². The Bertz CT molecular complexity index is 380. The maximum absolute atomic E-state index is 10.7. The van der Waals surface area contributed by atoms with E-state index in [1.807, 2.05) is 13.1 Å². The van der Waals surface area contributed by atoms with Crippen LogP contribution in [0.1, 0.15) is 38.8 Å². The van der Waals surface area contributed by atoms with Crippen LogP contribution in [-0.2, 0) is 12.6 Å². The first-order chi connectivity index (χ1) is 8.55. The monoisotopic (exact) mass is 251 g/mol. The quantitative estimate of drug-likeness (QED) is 0.886. The molecule has 1 fully saturated rings. The second-order valence-corrected chi connectivity index (χ2v) is 5.69. The van der Waals surface area contributed by atoms with E-state index >= 15 is 0 Å². The van der Waals surface area contributed by atoms with Crippen LogP contribution in [0.2, 0.25) is 0 Å². The van der Waals surface area contributed by atoms with E-state index in [2.05, 4.69) is 23.8 Å². The molecule has 1 aliphatic rings. The topological polar surface area (TPSA) is 41.3 Å². The van der Waals surface area contributed by atoms with Gasteiger partial charge in [-0.2, -0.15) is 5.10 Å². The van der Waals surface area contributed by atoms with Gasteiger partial charge in [0.25, 0.3) is 0 Å². The number of hydrogen-bond acceptors (Lipinski definition) is 3. The number of nitrogens with zero attached hydrogens (tertiary/aromatic N) is 3. The van der Waals surface area contributed by atoms with Crippen molar-refractivity contribution in [3.63, 3.8) is 0 Å². The van der Waals surface area contributed by atoms with Gasteiger partial charge >= 0.3 is 0 Å². The Morgan fingerprint density at radius 1 is 1.44 bits per heavy atom. The maximum atomic E-state index is 10.7. The SMILES string of the molecule is CCC(C)CN1CCC(O)(c2ccnn2C)CC1. The highest BCUT2D eigenvalue weighted by atomic mass is 16.3. The second kappa shape index (κ2) is 5.41. The van der Waals surface area contributed by atoms with Crippen LogP contribution < -0.4 is 0 Å². The zero-order valence-corrected chi connectivity index (χ0v) is 11.8. The molecule has 1 N–H and O–H groups in total. The fraction of sp³-hybridized carbons (Fsp3) is 0.786. The Kier molecular flexibility index (Phi) is 4.07. The van der Waals surface area contributed by atoms with Crippen LogP contribution in [0, 0.1) is 5.92 Å². The zero-order valence-electron chi connectivity index (χ0n) is 11.8. The summed E-state index contributed by atoms with van der Waals surface area (Å²) in [6, 6.07) is 1.93. The molecule has 0 saturated carbocycles. The van der Waals surface area contributed by atoms with Crippen molar-refractivity contribution < 1.29 is 5.11 Å². The molecule has 2 heterocycles. The average molecular weight is 251 g/mol. The number of aryl methyl sites for hydroxylation is 1. The van der Waals surface area contributed by atoms with E-state index in [-0.39, 0.29) is 0 Å². The smallest absolute Gasteiger partial charge is 0.109 e. The number of hydrogen-bond donors (Lipinski definition) is 1. The van der Waals surface area contributed by atoms with E-state index < -0.39 is 5.60 Å². The number of aliphatic hydroxyl groups is 1. The normalized spacial score (nSPS) is 22.0. The van der Waals surface area contributed by atoms with Gasteiger partial charge in [-0.15, -0.1) is 0 Å². The summed E-state index contributed by atoms with van der Waals surface area (Å²) in [5.41, 5.74) is 0.266. The van der Waals surface area contributed by atoms with Crippen LogP contribution >= 0.6 is 0 Å². The van der Waals surface area contributed by atoms with Gasteiger partial charge in [-0.3, -0.25) is 4.68 Å². The third-order valence-electron chi connectivity index (χ3n) is 4.25. The van der Waals surface area contributed by atoms with Gasteiger partial charge in [-0.05, 0) is 24.8 Å². The Balaban J connectivity index is 1.95. The molecule has 0 amide bonds. The lowest BCUT2D eigenvalue weighted by atomic mass is 9.87. The molecule has 0 aliphatic carbocycles. The van der Waals surface area contributed by atoms with E-state index in [0.717, 1.165) is 44.1 Å². The molecule has 0 aromatic carbocycles. The van der Waals surface area contributed by atoms with E-state index in [9.17, 15) is 5.11 Å². The van der Waals surface area contributed by atoms with Gasteiger partial charge in [-0.1, -0.05) is 20.3 Å². The molecule has 1 aliphatic heterocycles. The van der Waals surface area contributed by atoms with E-state index in [0.29, 0.717) is 0 Å². The van der Waals surface area contributed by atoms with Gasteiger partial charge in [0.15, 0.2) is 0 Å². The molecule has 102 valence electrons. The lowest BCUT2D eigenvalue weighted by molar-refractivity contribution is -0.0344.